The van der Waals surface area contributed by atoms with E-state index < -0.39 is 17.2 Å². The number of carbonyl (C=O) groups is 1. The van der Waals surface area contributed by atoms with Gasteiger partial charge in [0.25, 0.3) is 0 Å². The lowest BCUT2D eigenvalue weighted by Crippen LogP contribution is -2.44. The highest BCUT2D eigenvalue weighted by molar-refractivity contribution is 5.81. The number of aliphatic carboxylic acids is 1. The highest BCUT2D eigenvalue weighted by Gasteiger charge is 2.39. The van der Waals surface area contributed by atoms with Gasteiger partial charge in [0.1, 0.15) is 11.2 Å². The zero-order chi connectivity index (χ0) is 14.3. The van der Waals surface area contributed by atoms with Gasteiger partial charge in [-0.15, -0.1) is 0 Å². The van der Waals surface area contributed by atoms with Crippen molar-refractivity contribution in [3.05, 3.63) is 35.6 Å². The highest BCUT2D eigenvalue weighted by Crippen LogP contribution is 2.28. The van der Waals surface area contributed by atoms with E-state index in [1.54, 1.807) is 6.07 Å². The van der Waals surface area contributed by atoms with Crippen molar-refractivity contribution in [2.24, 2.45) is 5.73 Å². The molecule has 0 radical (unpaired) electrons. The lowest BCUT2D eigenvalue weighted by atomic mass is 9.78. The van der Waals surface area contributed by atoms with Gasteiger partial charge in [-0.05, 0) is 30.5 Å². The van der Waals surface area contributed by atoms with Gasteiger partial charge in [-0.2, -0.15) is 0 Å². The van der Waals surface area contributed by atoms with Crippen LogP contribution in [0.1, 0.15) is 25.3 Å². The quantitative estimate of drug-likeness (QED) is 0.707. The van der Waals surface area contributed by atoms with Crippen LogP contribution in [0.15, 0.2) is 24.3 Å². The van der Waals surface area contributed by atoms with E-state index in [-0.39, 0.29) is 19.6 Å². The summed E-state index contributed by atoms with van der Waals surface area (Å²) in [5.74, 6) is -1.52. The van der Waals surface area contributed by atoms with E-state index in [1.807, 2.05) is 6.92 Å². The van der Waals surface area contributed by atoms with Gasteiger partial charge >= 0.3 is 5.97 Å². The smallest absolute Gasteiger partial charge is 0.315 e. The van der Waals surface area contributed by atoms with Gasteiger partial charge < -0.3 is 15.6 Å². The molecule has 19 heavy (non-hydrogen) atoms. The van der Waals surface area contributed by atoms with Crippen LogP contribution in [0.3, 0.4) is 0 Å². The second-order valence-corrected chi connectivity index (χ2v) is 4.46. The molecule has 0 heterocycles. The third-order valence-electron chi connectivity index (χ3n) is 3.16. The maximum atomic E-state index is 13.3. The molecule has 1 aromatic carbocycles. The van der Waals surface area contributed by atoms with Gasteiger partial charge in [0, 0.05) is 19.8 Å². The van der Waals surface area contributed by atoms with Crippen molar-refractivity contribution < 1.29 is 19.0 Å². The number of rotatable bonds is 8. The molecule has 106 valence electrons. The van der Waals surface area contributed by atoms with E-state index in [1.165, 1.54) is 18.2 Å². The average molecular weight is 269 g/mol. The van der Waals surface area contributed by atoms with Crippen LogP contribution in [0.25, 0.3) is 0 Å². The zero-order valence-electron chi connectivity index (χ0n) is 11.1. The lowest BCUT2D eigenvalue weighted by Gasteiger charge is -2.28. The monoisotopic (exact) mass is 269 g/mol. The second-order valence-electron chi connectivity index (χ2n) is 4.46. The van der Waals surface area contributed by atoms with Gasteiger partial charge in [0.05, 0.1) is 0 Å². The first-order chi connectivity index (χ1) is 9.06. The van der Waals surface area contributed by atoms with Crippen LogP contribution < -0.4 is 5.73 Å². The summed E-state index contributed by atoms with van der Waals surface area (Å²) in [7, 11) is 0. The van der Waals surface area contributed by atoms with E-state index in [2.05, 4.69) is 0 Å². The Balaban J connectivity index is 2.95. The standard InChI is InChI=1S/C14H20FNO3/c1-2-7-19-8-6-14(10-16,13(17)18)11-4-3-5-12(15)9-11/h3-5,9H,2,6-8,10,16H2,1H3,(H,17,18). The van der Waals surface area contributed by atoms with E-state index in [4.69, 9.17) is 10.5 Å². The normalized spacial score (nSPS) is 14.1. The van der Waals surface area contributed by atoms with Crippen LogP contribution in [0.2, 0.25) is 0 Å². The van der Waals surface area contributed by atoms with Crippen molar-refractivity contribution in [3.8, 4) is 0 Å². The van der Waals surface area contributed by atoms with E-state index in [0.29, 0.717) is 12.2 Å². The Labute approximate surface area is 112 Å². The molecule has 5 heteroatoms. The van der Waals surface area contributed by atoms with Crippen molar-refractivity contribution >= 4 is 5.97 Å². The summed E-state index contributed by atoms with van der Waals surface area (Å²) >= 11 is 0. The van der Waals surface area contributed by atoms with Crippen LogP contribution in [-0.4, -0.2) is 30.8 Å². The van der Waals surface area contributed by atoms with Gasteiger partial charge in [-0.25, -0.2) is 4.39 Å². The number of nitrogens with two attached hydrogens (primary N) is 1. The summed E-state index contributed by atoms with van der Waals surface area (Å²) in [5, 5.41) is 9.47. The molecule has 0 amide bonds. The van der Waals surface area contributed by atoms with Crippen LogP contribution in [0.5, 0.6) is 0 Å². The number of ether oxygens (including phenoxy) is 1. The molecule has 0 aromatic heterocycles. The molecular formula is C14H20FNO3. The molecule has 1 unspecified atom stereocenters. The van der Waals surface area contributed by atoms with Crippen LogP contribution in [0.4, 0.5) is 4.39 Å². The topological polar surface area (TPSA) is 72.5 Å². The largest absolute Gasteiger partial charge is 0.481 e. The fraction of sp³-hybridized carbons (Fsp3) is 0.500. The van der Waals surface area contributed by atoms with E-state index >= 15 is 0 Å². The highest BCUT2D eigenvalue weighted by atomic mass is 19.1. The minimum absolute atomic E-state index is 0.0960. The summed E-state index contributed by atoms with van der Waals surface area (Å²) in [5.41, 5.74) is 4.73. The minimum Gasteiger partial charge on any atom is -0.481 e. The Bertz CT molecular complexity index is 425. The van der Waals surface area contributed by atoms with E-state index in [9.17, 15) is 14.3 Å². The van der Waals surface area contributed by atoms with Crippen LogP contribution >= 0.6 is 0 Å². The second kappa shape index (κ2) is 7.21. The predicted molar refractivity (Wildman–Crippen MR) is 70.5 cm³/mol. The Morgan fingerprint density at radius 1 is 1.47 bits per heavy atom. The molecule has 0 spiro atoms. The van der Waals surface area contributed by atoms with Crippen molar-refractivity contribution in [3.63, 3.8) is 0 Å². The first-order valence-electron chi connectivity index (χ1n) is 6.34. The first-order valence-corrected chi connectivity index (χ1v) is 6.34. The molecule has 0 aliphatic carbocycles. The van der Waals surface area contributed by atoms with E-state index in [0.717, 1.165) is 6.42 Å². The molecule has 1 atom stereocenters. The zero-order valence-corrected chi connectivity index (χ0v) is 11.1. The van der Waals surface area contributed by atoms with Gasteiger partial charge in [-0.3, -0.25) is 4.79 Å². The molecular weight excluding hydrogens is 249 g/mol. The number of halogens is 1. The fourth-order valence-corrected chi connectivity index (χ4v) is 1.96. The predicted octanol–water partition coefficient (Wildman–Crippen LogP) is 1.92. The summed E-state index contributed by atoms with van der Waals surface area (Å²) in [6.07, 6.45) is 1.09. The van der Waals surface area contributed by atoms with Gasteiger partial charge in [0.2, 0.25) is 0 Å². The molecule has 4 nitrogen and oxygen atoms in total. The third kappa shape index (κ3) is 3.75. The Hall–Kier alpha value is -1.46. The molecule has 1 rings (SSSR count). The van der Waals surface area contributed by atoms with Crippen molar-refractivity contribution in [2.45, 2.75) is 25.2 Å². The van der Waals surface area contributed by atoms with Crippen LogP contribution in [-0.2, 0) is 14.9 Å². The molecule has 0 aliphatic rings. The molecule has 0 bridgehead atoms. The number of benzene rings is 1. The van der Waals surface area contributed by atoms with Gasteiger partial charge in [-0.1, -0.05) is 19.1 Å². The molecule has 0 saturated carbocycles. The van der Waals surface area contributed by atoms with Crippen molar-refractivity contribution in [1.82, 2.24) is 0 Å². The Morgan fingerprint density at radius 2 is 2.21 bits per heavy atom. The summed E-state index contributed by atoms with van der Waals surface area (Å²) in [4.78, 5) is 11.6. The first kappa shape index (κ1) is 15.6. The summed E-state index contributed by atoms with van der Waals surface area (Å²) in [6, 6.07) is 5.58. The van der Waals surface area contributed by atoms with Crippen molar-refractivity contribution in [2.75, 3.05) is 19.8 Å². The SMILES string of the molecule is CCCOCCC(CN)(C(=O)O)c1cccc(F)c1. The maximum Gasteiger partial charge on any atom is 0.315 e. The number of carboxylic acids is 1. The lowest BCUT2D eigenvalue weighted by molar-refractivity contribution is -0.144. The number of hydrogen-bond acceptors (Lipinski definition) is 3. The van der Waals surface area contributed by atoms with Crippen LogP contribution in [0, 0.1) is 5.82 Å². The molecule has 1 aromatic rings. The maximum absolute atomic E-state index is 13.3. The third-order valence-corrected chi connectivity index (χ3v) is 3.16. The molecule has 0 saturated heterocycles. The van der Waals surface area contributed by atoms with Crippen molar-refractivity contribution in [1.29, 1.82) is 0 Å². The Kier molecular flexibility index (Phi) is 5.92. The molecule has 3 N–H and O–H groups in total. The van der Waals surface area contributed by atoms with Gasteiger partial charge in [0.15, 0.2) is 0 Å². The summed E-state index contributed by atoms with van der Waals surface area (Å²) in [6.45, 7) is 2.73. The Morgan fingerprint density at radius 3 is 2.74 bits per heavy atom. The fourth-order valence-electron chi connectivity index (χ4n) is 1.96. The summed E-state index contributed by atoms with van der Waals surface area (Å²) < 4.78 is 18.6. The molecule has 0 aliphatic heterocycles. The number of hydrogen-bond donors (Lipinski definition) is 2. The molecule has 0 fully saturated rings. The minimum atomic E-state index is -1.30. The number of carboxylic acid groups (broad SMARTS) is 1. The average Bonchev–Trinajstić information content (AvgIpc) is 2.39.